The van der Waals surface area contributed by atoms with Crippen LogP contribution in [0.1, 0.15) is 19.8 Å². The zero-order chi connectivity index (χ0) is 7.84. The molecule has 0 radical (unpaired) electrons. The first kappa shape index (κ1) is 7.25. The van der Waals surface area contributed by atoms with Crippen LogP contribution in [-0.4, -0.2) is 30.6 Å². The summed E-state index contributed by atoms with van der Waals surface area (Å²) in [5, 5.41) is 3.17. The Labute approximate surface area is 66.1 Å². The second-order valence-electron chi connectivity index (χ2n) is 3.31. The van der Waals surface area contributed by atoms with Gasteiger partial charge in [-0.2, -0.15) is 0 Å². The fourth-order valence-electron chi connectivity index (χ4n) is 1.61. The second-order valence-corrected chi connectivity index (χ2v) is 3.31. The van der Waals surface area contributed by atoms with Crippen molar-refractivity contribution in [3.63, 3.8) is 0 Å². The van der Waals surface area contributed by atoms with E-state index in [4.69, 9.17) is 4.74 Å². The van der Waals surface area contributed by atoms with Gasteiger partial charge in [-0.05, 0) is 26.3 Å². The standard InChI is InChI=1S/C8H13NO2/c1-5-8(11-5)7(10)6-3-2-4-9-6/h5-6,8-9H,2-4H2,1H3/t5?,6-,8?/m0/s1. The molecule has 0 amide bonds. The van der Waals surface area contributed by atoms with E-state index in [-0.39, 0.29) is 24.0 Å². The van der Waals surface area contributed by atoms with Crippen molar-refractivity contribution in [2.24, 2.45) is 0 Å². The van der Waals surface area contributed by atoms with Gasteiger partial charge in [0.15, 0.2) is 5.78 Å². The summed E-state index contributed by atoms with van der Waals surface area (Å²) >= 11 is 0. The summed E-state index contributed by atoms with van der Waals surface area (Å²) in [4.78, 5) is 11.4. The smallest absolute Gasteiger partial charge is 0.181 e. The van der Waals surface area contributed by atoms with Gasteiger partial charge in [-0.25, -0.2) is 0 Å². The Hall–Kier alpha value is -0.410. The number of carbonyl (C=O) groups is 1. The lowest BCUT2D eigenvalue weighted by Gasteiger charge is -2.04. The minimum atomic E-state index is -0.0920. The average Bonchev–Trinajstić information content (AvgIpc) is 2.56. The van der Waals surface area contributed by atoms with Gasteiger partial charge in [-0.15, -0.1) is 0 Å². The van der Waals surface area contributed by atoms with Crippen LogP contribution in [0.2, 0.25) is 0 Å². The van der Waals surface area contributed by atoms with Gasteiger partial charge in [0.25, 0.3) is 0 Å². The first-order chi connectivity index (χ1) is 5.29. The normalized spacial score (nSPS) is 42.5. The monoisotopic (exact) mass is 155 g/mol. The number of hydrogen-bond donors (Lipinski definition) is 1. The summed E-state index contributed by atoms with van der Waals surface area (Å²) in [6, 6.07) is 0.0879. The van der Waals surface area contributed by atoms with Crippen molar-refractivity contribution in [2.45, 2.75) is 38.0 Å². The lowest BCUT2D eigenvalue weighted by atomic mass is 10.1. The van der Waals surface area contributed by atoms with Crippen LogP contribution in [0.4, 0.5) is 0 Å². The van der Waals surface area contributed by atoms with E-state index in [1.165, 1.54) is 0 Å². The Morgan fingerprint density at radius 1 is 1.64 bits per heavy atom. The molecule has 3 nitrogen and oxygen atoms in total. The lowest BCUT2D eigenvalue weighted by molar-refractivity contribution is -0.121. The molecule has 2 rings (SSSR count). The number of nitrogens with one attached hydrogen (secondary N) is 1. The van der Waals surface area contributed by atoms with Gasteiger partial charge >= 0.3 is 0 Å². The van der Waals surface area contributed by atoms with Crippen molar-refractivity contribution in [3.8, 4) is 0 Å². The third kappa shape index (κ3) is 1.30. The molecular weight excluding hydrogens is 142 g/mol. The molecule has 0 spiro atoms. The van der Waals surface area contributed by atoms with Gasteiger partial charge in [0, 0.05) is 0 Å². The highest BCUT2D eigenvalue weighted by Crippen LogP contribution is 2.24. The van der Waals surface area contributed by atoms with Crippen LogP contribution in [0.25, 0.3) is 0 Å². The van der Waals surface area contributed by atoms with Gasteiger partial charge in [0.2, 0.25) is 0 Å². The zero-order valence-corrected chi connectivity index (χ0v) is 6.67. The van der Waals surface area contributed by atoms with Crippen LogP contribution in [-0.2, 0) is 9.53 Å². The van der Waals surface area contributed by atoms with E-state index in [0.29, 0.717) is 0 Å². The van der Waals surface area contributed by atoms with E-state index in [9.17, 15) is 4.79 Å². The average molecular weight is 155 g/mol. The molecule has 2 saturated heterocycles. The summed E-state index contributed by atoms with van der Waals surface area (Å²) in [5.41, 5.74) is 0. The number of epoxide rings is 1. The number of ketones is 1. The number of hydrogen-bond acceptors (Lipinski definition) is 3. The molecule has 2 aliphatic rings. The van der Waals surface area contributed by atoms with Crippen molar-refractivity contribution in [2.75, 3.05) is 6.54 Å². The molecule has 0 saturated carbocycles. The maximum absolute atomic E-state index is 11.4. The molecule has 2 fully saturated rings. The minimum Gasteiger partial charge on any atom is -0.362 e. The number of rotatable bonds is 2. The highest BCUT2D eigenvalue weighted by Gasteiger charge is 2.44. The quantitative estimate of drug-likeness (QED) is 0.575. The van der Waals surface area contributed by atoms with Crippen molar-refractivity contribution in [3.05, 3.63) is 0 Å². The van der Waals surface area contributed by atoms with E-state index >= 15 is 0 Å². The zero-order valence-electron chi connectivity index (χ0n) is 6.67. The maximum Gasteiger partial charge on any atom is 0.181 e. The third-order valence-corrected chi connectivity index (χ3v) is 2.40. The molecule has 62 valence electrons. The molecule has 0 aromatic heterocycles. The first-order valence-electron chi connectivity index (χ1n) is 4.21. The van der Waals surface area contributed by atoms with Gasteiger partial charge in [0.1, 0.15) is 6.10 Å². The summed E-state index contributed by atoms with van der Waals surface area (Å²) < 4.78 is 5.10. The Balaban J connectivity index is 1.89. The van der Waals surface area contributed by atoms with Gasteiger partial charge < -0.3 is 10.1 Å². The second kappa shape index (κ2) is 2.57. The Morgan fingerprint density at radius 3 is 2.82 bits per heavy atom. The molecule has 3 atom stereocenters. The summed E-state index contributed by atoms with van der Waals surface area (Å²) in [6.07, 6.45) is 2.19. The van der Waals surface area contributed by atoms with E-state index in [1.807, 2.05) is 6.92 Å². The first-order valence-corrected chi connectivity index (χ1v) is 4.21. The predicted octanol–water partition coefficient (Wildman–Crippen LogP) is 0.0948. The Kier molecular flexibility index (Phi) is 1.69. The highest BCUT2D eigenvalue weighted by molar-refractivity contribution is 5.90. The fraction of sp³-hybridized carbons (Fsp3) is 0.875. The van der Waals surface area contributed by atoms with Crippen LogP contribution < -0.4 is 5.32 Å². The summed E-state index contributed by atoms with van der Waals surface area (Å²) in [5.74, 6) is 0.259. The van der Waals surface area contributed by atoms with Crippen LogP contribution >= 0.6 is 0 Å². The van der Waals surface area contributed by atoms with Crippen molar-refractivity contribution in [1.29, 1.82) is 0 Å². The Morgan fingerprint density at radius 2 is 2.36 bits per heavy atom. The largest absolute Gasteiger partial charge is 0.362 e. The van der Waals surface area contributed by atoms with E-state index in [2.05, 4.69) is 5.32 Å². The molecular formula is C8H13NO2. The minimum absolute atomic E-state index is 0.0879. The van der Waals surface area contributed by atoms with E-state index < -0.39 is 0 Å². The Bertz CT molecular complexity index is 175. The van der Waals surface area contributed by atoms with Gasteiger partial charge in [-0.1, -0.05) is 0 Å². The van der Waals surface area contributed by atoms with Crippen LogP contribution in [0, 0.1) is 0 Å². The number of Topliss-reactive ketones (excluding diaryl/α,β-unsaturated/α-hetero) is 1. The molecule has 2 unspecified atom stereocenters. The lowest BCUT2D eigenvalue weighted by Crippen LogP contribution is -2.34. The molecule has 0 bridgehead atoms. The molecule has 11 heavy (non-hydrogen) atoms. The van der Waals surface area contributed by atoms with E-state index in [0.717, 1.165) is 19.4 Å². The summed E-state index contributed by atoms with van der Waals surface area (Å²) in [7, 11) is 0. The maximum atomic E-state index is 11.4. The van der Waals surface area contributed by atoms with Crippen molar-refractivity contribution in [1.82, 2.24) is 5.32 Å². The van der Waals surface area contributed by atoms with Crippen molar-refractivity contribution >= 4 is 5.78 Å². The molecule has 1 N–H and O–H groups in total. The molecule has 0 aliphatic carbocycles. The van der Waals surface area contributed by atoms with Crippen molar-refractivity contribution < 1.29 is 9.53 Å². The van der Waals surface area contributed by atoms with Gasteiger partial charge in [0.05, 0.1) is 12.1 Å². The SMILES string of the molecule is CC1OC1C(=O)[C@@H]1CCCN1. The number of carbonyl (C=O) groups excluding carboxylic acids is 1. The molecule has 2 heterocycles. The van der Waals surface area contributed by atoms with E-state index in [1.54, 1.807) is 0 Å². The molecule has 3 heteroatoms. The van der Waals surface area contributed by atoms with Crippen LogP contribution in [0.5, 0.6) is 0 Å². The molecule has 0 aromatic carbocycles. The predicted molar refractivity (Wildman–Crippen MR) is 40.4 cm³/mol. The molecule has 0 aromatic rings. The highest BCUT2D eigenvalue weighted by atomic mass is 16.6. The summed E-state index contributed by atoms with van der Waals surface area (Å²) in [6.45, 7) is 2.93. The topological polar surface area (TPSA) is 41.6 Å². The van der Waals surface area contributed by atoms with Crippen LogP contribution in [0.3, 0.4) is 0 Å². The number of ether oxygens (including phenoxy) is 1. The van der Waals surface area contributed by atoms with Gasteiger partial charge in [-0.3, -0.25) is 4.79 Å². The third-order valence-electron chi connectivity index (χ3n) is 2.40. The molecule has 2 aliphatic heterocycles. The fourth-order valence-corrected chi connectivity index (χ4v) is 1.61. The van der Waals surface area contributed by atoms with Crippen LogP contribution in [0.15, 0.2) is 0 Å².